The molecule has 7 nitrogen and oxygen atoms in total. The van der Waals surface area contributed by atoms with Crippen LogP contribution in [0.5, 0.6) is 11.5 Å². The van der Waals surface area contributed by atoms with Gasteiger partial charge in [-0.05, 0) is 18.2 Å². The fraction of sp³-hybridized carbons (Fsp3) is 0.357. The van der Waals surface area contributed by atoms with Crippen LogP contribution < -0.4 is 14.8 Å². The molecule has 1 aliphatic heterocycles. The summed E-state index contributed by atoms with van der Waals surface area (Å²) in [6.07, 6.45) is 2.62. The fourth-order valence-electron chi connectivity index (χ4n) is 1.97. The van der Waals surface area contributed by atoms with Crippen LogP contribution in [-0.4, -0.2) is 51.3 Å². The van der Waals surface area contributed by atoms with E-state index in [2.05, 4.69) is 11.9 Å². The van der Waals surface area contributed by atoms with Crippen LogP contribution in [0, 0.1) is 0 Å². The Labute approximate surface area is 129 Å². The molecule has 1 heterocycles. The zero-order chi connectivity index (χ0) is 16.2. The molecule has 0 atom stereocenters. The van der Waals surface area contributed by atoms with Gasteiger partial charge in [-0.15, -0.1) is 6.58 Å². The molecule has 0 saturated carbocycles. The highest BCUT2D eigenvalue weighted by atomic mass is 32.2. The van der Waals surface area contributed by atoms with E-state index in [1.807, 2.05) is 0 Å². The van der Waals surface area contributed by atoms with Gasteiger partial charge in [0, 0.05) is 25.2 Å². The Kier molecular flexibility index (Phi) is 5.04. The molecular formula is C14H18N2O5S. The molecule has 1 aromatic rings. The van der Waals surface area contributed by atoms with E-state index in [4.69, 9.17) is 9.47 Å². The fourth-order valence-corrected chi connectivity index (χ4v) is 2.77. The third-order valence-electron chi connectivity index (χ3n) is 3.08. The molecule has 1 N–H and O–H groups in total. The zero-order valence-electron chi connectivity index (χ0n) is 12.2. The molecule has 8 heteroatoms. The number of benzene rings is 1. The summed E-state index contributed by atoms with van der Waals surface area (Å²) in [5.41, 5.74) is 0.430. The number of carbonyl (C=O) groups excluding carboxylic acids is 1. The average molecular weight is 326 g/mol. The molecule has 0 fully saturated rings. The summed E-state index contributed by atoms with van der Waals surface area (Å²) in [5.74, 6) is 0.827. The van der Waals surface area contributed by atoms with E-state index >= 15 is 0 Å². The van der Waals surface area contributed by atoms with Crippen LogP contribution in [0.2, 0.25) is 0 Å². The van der Waals surface area contributed by atoms with Crippen LogP contribution in [-0.2, 0) is 10.0 Å². The van der Waals surface area contributed by atoms with Crippen molar-refractivity contribution in [3.05, 3.63) is 36.4 Å². The van der Waals surface area contributed by atoms with Crippen molar-refractivity contribution in [2.75, 3.05) is 32.7 Å². The molecule has 0 aromatic heterocycles. The van der Waals surface area contributed by atoms with Crippen molar-refractivity contribution in [3.63, 3.8) is 0 Å². The summed E-state index contributed by atoms with van der Waals surface area (Å²) < 4.78 is 34.7. The van der Waals surface area contributed by atoms with Gasteiger partial charge in [0.05, 0.1) is 6.26 Å². The Morgan fingerprint density at radius 3 is 2.82 bits per heavy atom. The average Bonchev–Trinajstić information content (AvgIpc) is 2.92. The quantitative estimate of drug-likeness (QED) is 0.742. The molecule has 1 aliphatic rings. The van der Waals surface area contributed by atoms with Crippen molar-refractivity contribution >= 4 is 15.9 Å². The van der Waals surface area contributed by atoms with Crippen LogP contribution >= 0.6 is 0 Å². The maximum absolute atomic E-state index is 12.0. The van der Waals surface area contributed by atoms with Crippen LogP contribution in [0.3, 0.4) is 0 Å². The lowest BCUT2D eigenvalue weighted by molar-refractivity contribution is 0.0951. The van der Waals surface area contributed by atoms with Crippen molar-refractivity contribution in [1.29, 1.82) is 0 Å². The number of amides is 1. The van der Waals surface area contributed by atoms with E-state index in [1.54, 1.807) is 18.2 Å². The van der Waals surface area contributed by atoms with Crippen molar-refractivity contribution in [2.45, 2.75) is 0 Å². The Hall–Kier alpha value is -2.06. The smallest absolute Gasteiger partial charge is 0.251 e. The van der Waals surface area contributed by atoms with Gasteiger partial charge in [0.2, 0.25) is 16.8 Å². The third kappa shape index (κ3) is 3.99. The number of hydrogen-bond donors (Lipinski definition) is 1. The van der Waals surface area contributed by atoms with E-state index in [9.17, 15) is 13.2 Å². The molecule has 1 amide bonds. The van der Waals surface area contributed by atoms with Gasteiger partial charge in [-0.3, -0.25) is 4.79 Å². The molecule has 22 heavy (non-hydrogen) atoms. The van der Waals surface area contributed by atoms with Crippen LogP contribution in [0.15, 0.2) is 30.9 Å². The number of rotatable bonds is 7. The van der Waals surface area contributed by atoms with Gasteiger partial charge in [-0.1, -0.05) is 6.08 Å². The molecule has 0 unspecified atom stereocenters. The topological polar surface area (TPSA) is 84.9 Å². The highest BCUT2D eigenvalue weighted by Gasteiger charge is 2.17. The summed E-state index contributed by atoms with van der Waals surface area (Å²) in [7, 11) is -3.32. The van der Waals surface area contributed by atoms with Crippen molar-refractivity contribution in [1.82, 2.24) is 9.62 Å². The summed E-state index contributed by atoms with van der Waals surface area (Å²) in [6, 6.07) is 4.88. The van der Waals surface area contributed by atoms with E-state index in [1.165, 1.54) is 10.4 Å². The monoisotopic (exact) mass is 326 g/mol. The number of nitrogens with zero attached hydrogens (tertiary/aromatic N) is 1. The van der Waals surface area contributed by atoms with Crippen molar-refractivity contribution < 1.29 is 22.7 Å². The van der Waals surface area contributed by atoms with Gasteiger partial charge in [-0.25, -0.2) is 8.42 Å². The minimum Gasteiger partial charge on any atom is -0.454 e. The maximum atomic E-state index is 12.0. The van der Waals surface area contributed by atoms with Gasteiger partial charge in [-0.2, -0.15) is 4.31 Å². The lowest BCUT2D eigenvalue weighted by atomic mass is 10.2. The minimum absolute atomic E-state index is 0.144. The molecule has 0 spiro atoms. The van der Waals surface area contributed by atoms with Gasteiger partial charge in [0.25, 0.3) is 5.91 Å². The van der Waals surface area contributed by atoms with Crippen LogP contribution in [0.4, 0.5) is 0 Å². The standard InChI is InChI=1S/C14H18N2O5S/c1-3-7-16(22(2,18)19)8-6-15-14(17)11-4-5-12-13(9-11)21-10-20-12/h3-5,9H,1,6-8,10H2,2H3,(H,15,17). The second-order valence-corrected chi connectivity index (χ2v) is 6.72. The first-order valence-corrected chi connectivity index (χ1v) is 8.50. The molecule has 2 rings (SSSR count). The first-order valence-electron chi connectivity index (χ1n) is 6.65. The van der Waals surface area contributed by atoms with E-state index < -0.39 is 10.0 Å². The van der Waals surface area contributed by atoms with E-state index in [0.29, 0.717) is 17.1 Å². The van der Waals surface area contributed by atoms with E-state index in [-0.39, 0.29) is 32.3 Å². The predicted octanol–water partition coefficient (Wildman–Crippen LogP) is 0.593. The Bertz CT molecular complexity index is 672. The maximum Gasteiger partial charge on any atom is 0.251 e. The first-order chi connectivity index (χ1) is 10.4. The lowest BCUT2D eigenvalue weighted by Crippen LogP contribution is -2.38. The number of nitrogens with one attached hydrogen (secondary N) is 1. The van der Waals surface area contributed by atoms with Crippen molar-refractivity contribution in [2.24, 2.45) is 0 Å². The summed E-state index contributed by atoms with van der Waals surface area (Å²) >= 11 is 0. The Morgan fingerprint density at radius 1 is 1.41 bits per heavy atom. The first kappa shape index (κ1) is 16.3. The lowest BCUT2D eigenvalue weighted by Gasteiger charge is -2.18. The normalized spacial score (nSPS) is 13.2. The van der Waals surface area contributed by atoms with Crippen molar-refractivity contribution in [3.8, 4) is 11.5 Å². The summed E-state index contributed by atoms with van der Waals surface area (Å²) in [4.78, 5) is 12.0. The summed E-state index contributed by atoms with van der Waals surface area (Å²) in [6.45, 7) is 4.25. The molecular weight excluding hydrogens is 308 g/mol. The van der Waals surface area contributed by atoms with Gasteiger partial charge in [0.1, 0.15) is 0 Å². The second-order valence-electron chi connectivity index (χ2n) is 4.73. The summed E-state index contributed by atoms with van der Waals surface area (Å²) in [5, 5.41) is 2.68. The second kappa shape index (κ2) is 6.80. The number of carbonyl (C=O) groups is 1. The number of fused-ring (bicyclic) bond motifs is 1. The Balaban J connectivity index is 1.91. The molecule has 0 bridgehead atoms. The Morgan fingerprint density at radius 2 is 2.14 bits per heavy atom. The van der Waals surface area contributed by atoms with Gasteiger partial charge >= 0.3 is 0 Å². The third-order valence-corrected chi connectivity index (χ3v) is 4.35. The number of hydrogen-bond acceptors (Lipinski definition) is 5. The van der Waals surface area contributed by atoms with Gasteiger partial charge < -0.3 is 14.8 Å². The van der Waals surface area contributed by atoms with Crippen LogP contribution in [0.1, 0.15) is 10.4 Å². The molecule has 0 radical (unpaired) electrons. The number of sulfonamides is 1. The molecule has 1 aromatic carbocycles. The minimum atomic E-state index is -3.32. The van der Waals surface area contributed by atoms with Gasteiger partial charge in [0.15, 0.2) is 11.5 Å². The zero-order valence-corrected chi connectivity index (χ0v) is 13.1. The predicted molar refractivity (Wildman–Crippen MR) is 81.5 cm³/mol. The van der Waals surface area contributed by atoms with E-state index in [0.717, 1.165) is 6.26 Å². The highest BCUT2D eigenvalue weighted by molar-refractivity contribution is 7.88. The SMILES string of the molecule is C=CCN(CCNC(=O)c1ccc2c(c1)OCO2)S(C)(=O)=O. The highest BCUT2D eigenvalue weighted by Crippen LogP contribution is 2.32. The number of ether oxygens (including phenoxy) is 2. The van der Waals surface area contributed by atoms with Crippen LogP contribution in [0.25, 0.3) is 0 Å². The molecule has 0 saturated heterocycles. The molecule has 120 valence electrons. The largest absolute Gasteiger partial charge is 0.454 e. The molecule has 0 aliphatic carbocycles.